The molecule has 0 fully saturated rings. The van der Waals surface area contributed by atoms with E-state index in [-0.39, 0.29) is 11.3 Å². The van der Waals surface area contributed by atoms with Crippen LogP contribution in [0.2, 0.25) is 0 Å². The summed E-state index contributed by atoms with van der Waals surface area (Å²) in [4.78, 5) is 10.9. The van der Waals surface area contributed by atoms with Gasteiger partial charge in [0, 0.05) is 5.56 Å². The summed E-state index contributed by atoms with van der Waals surface area (Å²) in [6, 6.07) is 6.90. The van der Waals surface area contributed by atoms with Crippen molar-refractivity contribution in [3.8, 4) is 5.75 Å². The maximum atomic E-state index is 10.9. The minimum Gasteiger partial charge on any atom is -0.475 e. The molecule has 1 rings (SSSR count). The highest BCUT2D eigenvalue weighted by molar-refractivity contribution is 6.19. The summed E-state index contributed by atoms with van der Waals surface area (Å²) < 4.78 is 5.20. The highest BCUT2D eigenvalue weighted by Gasteiger charge is 2.01. The van der Waals surface area contributed by atoms with Gasteiger partial charge in [-0.2, -0.15) is 0 Å². The Morgan fingerprint density at radius 3 is 2.31 bits per heavy atom. The summed E-state index contributed by atoms with van der Waals surface area (Å²) in [5, 5.41) is 0. The van der Waals surface area contributed by atoms with E-state index in [9.17, 15) is 4.79 Å². The number of ketones is 1. The van der Waals surface area contributed by atoms with Crippen molar-refractivity contribution in [1.82, 2.24) is 0 Å². The molecule has 70 valence electrons. The fourth-order valence-electron chi connectivity index (χ4n) is 0.956. The Balaban J connectivity index is 2.75. The fraction of sp³-hybridized carbons (Fsp3) is 0.300. The van der Waals surface area contributed by atoms with E-state index in [0.29, 0.717) is 11.3 Å². The van der Waals surface area contributed by atoms with Crippen LogP contribution in [0.15, 0.2) is 24.3 Å². The molecule has 0 saturated heterocycles. The second-order valence-corrected chi connectivity index (χ2v) is 3.36. The predicted octanol–water partition coefficient (Wildman–Crippen LogP) is 2.85. The van der Waals surface area contributed by atoms with E-state index < -0.39 is 0 Å². The molecule has 1 aromatic carbocycles. The molecule has 1 unspecified atom stereocenters. The number of hydrogen-bond acceptors (Lipinski definition) is 2. The van der Waals surface area contributed by atoms with Gasteiger partial charge in [0.05, 0.1) is 0 Å². The van der Waals surface area contributed by atoms with Crippen molar-refractivity contribution in [2.75, 3.05) is 0 Å². The van der Waals surface area contributed by atoms with Gasteiger partial charge in [-0.15, -0.1) is 0 Å². The monoisotopic (exact) mass is 198 g/mol. The van der Waals surface area contributed by atoms with E-state index in [4.69, 9.17) is 16.3 Å². The highest BCUT2D eigenvalue weighted by Crippen LogP contribution is 2.15. The summed E-state index contributed by atoms with van der Waals surface area (Å²) >= 11 is 5.63. The summed E-state index contributed by atoms with van der Waals surface area (Å²) in [6.07, 6.45) is 0. The number of alkyl halides is 1. The molecular weight excluding hydrogens is 188 g/mol. The van der Waals surface area contributed by atoms with E-state index >= 15 is 0 Å². The second-order valence-electron chi connectivity index (χ2n) is 2.74. The molecule has 0 bridgehead atoms. The zero-order valence-electron chi connectivity index (χ0n) is 7.58. The first kappa shape index (κ1) is 10.1. The molecule has 0 aliphatic carbocycles. The molecule has 0 spiro atoms. The lowest BCUT2D eigenvalue weighted by Crippen LogP contribution is -2.02. The number of halogens is 1. The number of carbonyl (C=O) groups is 1. The fourth-order valence-corrected chi connectivity index (χ4v) is 1.06. The topological polar surface area (TPSA) is 26.3 Å². The van der Waals surface area contributed by atoms with Crippen molar-refractivity contribution in [1.29, 1.82) is 0 Å². The largest absolute Gasteiger partial charge is 0.475 e. The van der Waals surface area contributed by atoms with Crippen LogP contribution in [-0.2, 0) is 0 Å². The number of rotatable bonds is 3. The molecule has 0 heterocycles. The van der Waals surface area contributed by atoms with Gasteiger partial charge in [0.15, 0.2) is 11.3 Å². The molecule has 0 radical (unpaired) electrons. The minimum atomic E-state index is -0.358. The summed E-state index contributed by atoms with van der Waals surface area (Å²) in [5.41, 5.74) is 0.317. The number of Topliss-reactive ketones (excluding diaryl/α,β-unsaturated/α-hetero) is 1. The van der Waals surface area contributed by atoms with Crippen LogP contribution in [0, 0.1) is 0 Å². The molecule has 0 amide bonds. The van der Waals surface area contributed by atoms with Crippen LogP contribution in [0.1, 0.15) is 24.2 Å². The number of ether oxygens (including phenoxy) is 1. The number of carbonyl (C=O) groups excluding carboxylic acids is 1. The Morgan fingerprint density at radius 1 is 1.38 bits per heavy atom. The van der Waals surface area contributed by atoms with Crippen molar-refractivity contribution in [3.63, 3.8) is 0 Å². The van der Waals surface area contributed by atoms with Gasteiger partial charge in [-0.1, -0.05) is 11.6 Å². The lowest BCUT2D eigenvalue weighted by atomic mass is 10.1. The zero-order valence-corrected chi connectivity index (χ0v) is 8.34. The van der Waals surface area contributed by atoms with Crippen molar-refractivity contribution in [2.45, 2.75) is 19.4 Å². The molecule has 2 nitrogen and oxygen atoms in total. The van der Waals surface area contributed by atoms with Crippen LogP contribution < -0.4 is 4.74 Å². The molecule has 0 N–H and O–H groups in total. The molecule has 3 heteroatoms. The Bertz CT molecular complexity index is 290. The van der Waals surface area contributed by atoms with E-state index in [0.717, 1.165) is 0 Å². The van der Waals surface area contributed by atoms with E-state index in [2.05, 4.69) is 0 Å². The van der Waals surface area contributed by atoms with Crippen molar-refractivity contribution >= 4 is 17.4 Å². The molecule has 0 saturated carbocycles. The maximum absolute atomic E-state index is 10.9. The summed E-state index contributed by atoms with van der Waals surface area (Å²) in [6.45, 7) is 3.26. The van der Waals surface area contributed by atoms with Crippen molar-refractivity contribution < 1.29 is 9.53 Å². The quantitative estimate of drug-likeness (QED) is 0.552. The van der Waals surface area contributed by atoms with Gasteiger partial charge in [-0.25, -0.2) is 0 Å². The third-order valence-electron chi connectivity index (χ3n) is 1.56. The molecular formula is C10H11ClO2. The van der Waals surface area contributed by atoms with Gasteiger partial charge in [0.1, 0.15) is 5.75 Å². The average molecular weight is 199 g/mol. The van der Waals surface area contributed by atoms with Gasteiger partial charge in [0.2, 0.25) is 0 Å². The molecule has 1 atom stereocenters. The summed E-state index contributed by atoms with van der Waals surface area (Å²) in [5.74, 6) is 0.720. The van der Waals surface area contributed by atoms with Gasteiger partial charge in [0.25, 0.3) is 0 Å². The van der Waals surface area contributed by atoms with Crippen molar-refractivity contribution in [3.05, 3.63) is 29.8 Å². The van der Waals surface area contributed by atoms with Crippen LogP contribution in [0.25, 0.3) is 0 Å². The average Bonchev–Trinajstić information content (AvgIpc) is 2.04. The molecule has 0 aliphatic rings. The van der Waals surface area contributed by atoms with E-state index in [1.54, 1.807) is 31.2 Å². The first-order valence-corrected chi connectivity index (χ1v) is 4.45. The minimum absolute atomic E-state index is 0.0467. The van der Waals surface area contributed by atoms with Crippen LogP contribution in [0.4, 0.5) is 0 Å². The van der Waals surface area contributed by atoms with E-state index in [1.807, 2.05) is 0 Å². The maximum Gasteiger partial charge on any atom is 0.169 e. The molecule has 0 aliphatic heterocycles. The lowest BCUT2D eigenvalue weighted by Gasteiger charge is -2.07. The third kappa shape index (κ3) is 3.07. The van der Waals surface area contributed by atoms with Crippen LogP contribution in [0.5, 0.6) is 5.75 Å². The zero-order chi connectivity index (χ0) is 9.84. The van der Waals surface area contributed by atoms with Gasteiger partial charge >= 0.3 is 0 Å². The Kier molecular flexibility index (Phi) is 3.32. The smallest absolute Gasteiger partial charge is 0.169 e. The molecule has 1 aromatic rings. The normalized spacial score (nSPS) is 12.2. The van der Waals surface area contributed by atoms with Crippen LogP contribution in [0.3, 0.4) is 0 Å². The van der Waals surface area contributed by atoms with E-state index in [1.165, 1.54) is 6.92 Å². The number of hydrogen-bond donors (Lipinski definition) is 0. The first-order valence-electron chi connectivity index (χ1n) is 4.01. The van der Waals surface area contributed by atoms with Gasteiger partial charge < -0.3 is 4.74 Å². The predicted molar refractivity (Wildman–Crippen MR) is 52.4 cm³/mol. The Hall–Kier alpha value is -1.02. The van der Waals surface area contributed by atoms with Crippen molar-refractivity contribution in [2.24, 2.45) is 0 Å². The standard InChI is InChI=1S/C10H11ClO2/c1-7(12)9-3-5-10(6-4-9)13-8(2)11/h3-6,8H,1-2H3. The SMILES string of the molecule is CC(=O)c1ccc(OC(C)Cl)cc1. The summed E-state index contributed by atoms with van der Waals surface area (Å²) in [7, 11) is 0. The van der Waals surface area contributed by atoms with Crippen LogP contribution >= 0.6 is 11.6 Å². The second kappa shape index (κ2) is 4.28. The third-order valence-corrected chi connectivity index (χ3v) is 1.65. The molecule has 0 aromatic heterocycles. The van der Waals surface area contributed by atoms with Crippen LogP contribution in [-0.4, -0.2) is 11.3 Å². The van der Waals surface area contributed by atoms with Gasteiger partial charge in [-0.05, 0) is 38.1 Å². The first-order chi connectivity index (χ1) is 6.09. The Morgan fingerprint density at radius 2 is 1.92 bits per heavy atom. The lowest BCUT2D eigenvalue weighted by molar-refractivity contribution is 0.101. The molecule has 13 heavy (non-hydrogen) atoms. The van der Waals surface area contributed by atoms with Gasteiger partial charge in [-0.3, -0.25) is 4.79 Å². The number of benzene rings is 1. The Labute approximate surface area is 82.5 Å². The highest BCUT2D eigenvalue weighted by atomic mass is 35.5.